The van der Waals surface area contributed by atoms with Crippen molar-refractivity contribution in [1.82, 2.24) is 14.7 Å². The van der Waals surface area contributed by atoms with Crippen molar-refractivity contribution in [3.8, 4) is 0 Å². The number of nitrogens with zero attached hydrogens (tertiary/aromatic N) is 3. The quantitative estimate of drug-likeness (QED) is 0.546. The first-order valence-electron chi connectivity index (χ1n) is 11.4. The maximum atomic E-state index is 13.0. The van der Waals surface area contributed by atoms with Gasteiger partial charge in [0.15, 0.2) is 0 Å². The minimum absolute atomic E-state index is 0.00482. The molecule has 8 nitrogen and oxygen atoms in total. The van der Waals surface area contributed by atoms with Crippen LogP contribution < -0.4 is 0 Å². The van der Waals surface area contributed by atoms with E-state index in [4.69, 9.17) is 11.6 Å². The van der Waals surface area contributed by atoms with Gasteiger partial charge in [0, 0.05) is 48.3 Å². The molecule has 4 rings (SSSR count). The molecule has 2 N–H and O–H groups in total. The molecule has 6 atom stereocenters. The summed E-state index contributed by atoms with van der Waals surface area (Å²) in [5.41, 5.74) is 1.03. The number of aliphatic hydroxyl groups is 1. The maximum Gasteiger partial charge on any atom is 0.353 e. The molecule has 184 valence electrons. The van der Waals surface area contributed by atoms with E-state index in [1.807, 2.05) is 31.2 Å². The smallest absolute Gasteiger partial charge is 0.353 e. The fourth-order valence-corrected chi connectivity index (χ4v) is 7.17. The van der Waals surface area contributed by atoms with Crippen molar-refractivity contribution in [2.45, 2.75) is 50.3 Å². The molecule has 1 aromatic rings. The Balaban J connectivity index is 1.58. The molecule has 0 radical (unpaired) electrons. The molecule has 0 aliphatic carbocycles. The Morgan fingerprint density at radius 2 is 2.03 bits per heavy atom. The number of benzene rings is 1. The number of carbonyl (C=O) groups excluding carboxylic acids is 2. The molecule has 1 aromatic carbocycles. The second kappa shape index (κ2) is 9.53. The SMILES string of the molecule is C[C@@H](O)[C@H]1C(=O)N2C(C(=O)O)=C(S[C@H]3C[C@@H](C(=O)N(C)C)N(Cc4cccc(Cl)c4)C3)[C@H](C)[C@H]12. The summed E-state index contributed by atoms with van der Waals surface area (Å²) in [5, 5.41) is 20.6. The van der Waals surface area contributed by atoms with Crippen LogP contribution in [0.25, 0.3) is 0 Å². The number of hydrogen-bond donors (Lipinski definition) is 2. The van der Waals surface area contributed by atoms with Crippen molar-refractivity contribution in [2.75, 3.05) is 20.6 Å². The van der Waals surface area contributed by atoms with Crippen molar-refractivity contribution < 1.29 is 24.6 Å². The van der Waals surface area contributed by atoms with Crippen LogP contribution in [0.1, 0.15) is 25.8 Å². The van der Waals surface area contributed by atoms with E-state index >= 15 is 0 Å². The van der Waals surface area contributed by atoms with Gasteiger partial charge in [-0.3, -0.25) is 14.5 Å². The van der Waals surface area contributed by atoms with E-state index in [-0.39, 0.29) is 40.8 Å². The number of thioether (sulfide) groups is 1. The fraction of sp³-hybridized carbons (Fsp3) is 0.542. The highest BCUT2D eigenvalue weighted by atomic mass is 35.5. The molecule has 0 unspecified atom stereocenters. The third-order valence-corrected chi connectivity index (χ3v) is 8.70. The number of β-lactam (4-membered cyclic amide) rings is 1. The van der Waals surface area contributed by atoms with Gasteiger partial charge in [0.05, 0.1) is 24.1 Å². The van der Waals surface area contributed by atoms with Crippen molar-refractivity contribution >= 4 is 41.1 Å². The third kappa shape index (κ3) is 4.34. The van der Waals surface area contributed by atoms with Crippen LogP contribution in [0.2, 0.25) is 5.02 Å². The second-order valence-electron chi connectivity index (χ2n) is 9.56. The standard InChI is InChI=1S/C24H30ClN3O5S/c1-12-19-18(13(2)29)23(31)28(19)20(24(32)33)21(12)34-16-9-17(22(30)26(3)4)27(11-16)10-14-6-5-7-15(25)8-14/h5-8,12-13,16-19,29H,9-11H2,1-4H3,(H,32,33)/t12-,13-,16+,17+,18-,19-/m1/s1. The van der Waals surface area contributed by atoms with Crippen LogP contribution in [0.5, 0.6) is 0 Å². The van der Waals surface area contributed by atoms with Gasteiger partial charge in [-0.1, -0.05) is 30.7 Å². The number of aliphatic hydroxyl groups excluding tert-OH is 1. The molecule has 3 aliphatic rings. The zero-order valence-electron chi connectivity index (χ0n) is 19.6. The maximum absolute atomic E-state index is 13.0. The first-order valence-corrected chi connectivity index (χ1v) is 12.6. The number of rotatable bonds is 7. The first-order chi connectivity index (χ1) is 16.0. The Morgan fingerprint density at radius 3 is 2.62 bits per heavy atom. The average Bonchev–Trinajstić information content (AvgIpc) is 3.24. The number of amides is 2. The van der Waals surface area contributed by atoms with Gasteiger partial charge in [0.25, 0.3) is 0 Å². The van der Waals surface area contributed by atoms with E-state index in [1.54, 1.807) is 25.9 Å². The van der Waals surface area contributed by atoms with E-state index in [9.17, 15) is 24.6 Å². The van der Waals surface area contributed by atoms with E-state index in [2.05, 4.69) is 4.90 Å². The number of halogens is 1. The number of likely N-dealkylation sites (tertiary alicyclic amines) is 1. The summed E-state index contributed by atoms with van der Waals surface area (Å²) in [6.45, 7) is 4.64. The number of likely N-dealkylation sites (N-methyl/N-ethyl adjacent to an activating group) is 1. The topological polar surface area (TPSA) is 101 Å². The summed E-state index contributed by atoms with van der Waals surface area (Å²) >= 11 is 7.61. The predicted octanol–water partition coefficient (Wildman–Crippen LogP) is 2.26. The van der Waals surface area contributed by atoms with Crippen LogP contribution in [-0.4, -0.2) is 86.8 Å². The molecule has 0 saturated carbocycles. The van der Waals surface area contributed by atoms with Gasteiger partial charge in [0.2, 0.25) is 11.8 Å². The lowest BCUT2D eigenvalue weighted by molar-refractivity contribution is -0.163. The molecular weight excluding hydrogens is 478 g/mol. The molecule has 34 heavy (non-hydrogen) atoms. The molecule has 2 fully saturated rings. The summed E-state index contributed by atoms with van der Waals surface area (Å²) in [4.78, 5) is 43.4. The van der Waals surface area contributed by atoms with Crippen molar-refractivity contribution in [1.29, 1.82) is 0 Å². The fourth-order valence-electron chi connectivity index (χ4n) is 5.40. The summed E-state index contributed by atoms with van der Waals surface area (Å²) in [5.74, 6) is -2.25. The Bertz CT molecular complexity index is 1050. The van der Waals surface area contributed by atoms with E-state index in [0.29, 0.717) is 29.4 Å². The van der Waals surface area contributed by atoms with Crippen molar-refractivity contribution in [3.63, 3.8) is 0 Å². The number of carboxylic acid groups (broad SMARTS) is 1. The van der Waals surface area contributed by atoms with E-state index < -0.39 is 18.0 Å². The molecule has 0 bridgehead atoms. The van der Waals surface area contributed by atoms with Crippen molar-refractivity contribution in [3.05, 3.63) is 45.5 Å². The number of carbonyl (C=O) groups is 3. The Labute approximate surface area is 208 Å². The number of hydrogen-bond acceptors (Lipinski definition) is 6. The van der Waals surface area contributed by atoms with Gasteiger partial charge in [0.1, 0.15) is 5.70 Å². The lowest BCUT2D eigenvalue weighted by Crippen LogP contribution is -2.63. The van der Waals surface area contributed by atoms with Gasteiger partial charge in [-0.15, -0.1) is 11.8 Å². The Morgan fingerprint density at radius 1 is 1.32 bits per heavy atom. The number of carboxylic acids is 1. The second-order valence-corrected chi connectivity index (χ2v) is 11.3. The summed E-state index contributed by atoms with van der Waals surface area (Å²) < 4.78 is 0. The normalized spacial score (nSPS) is 29.8. The van der Waals surface area contributed by atoms with Gasteiger partial charge >= 0.3 is 5.97 Å². The third-order valence-electron chi connectivity index (χ3n) is 6.97. The lowest BCUT2D eigenvalue weighted by atomic mass is 9.79. The molecule has 2 saturated heterocycles. The van der Waals surface area contributed by atoms with Gasteiger partial charge < -0.3 is 20.0 Å². The zero-order chi connectivity index (χ0) is 24.9. The van der Waals surface area contributed by atoms with Crippen LogP contribution >= 0.6 is 23.4 Å². The minimum Gasteiger partial charge on any atom is -0.477 e. The molecule has 3 aliphatic heterocycles. The van der Waals surface area contributed by atoms with Crippen LogP contribution in [-0.2, 0) is 20.9 Å². The van der Waals surface area contributed by atoms with Crippen LogP contribution in [0, 0.1) is 11.8 Å². The van der Waals surface area contributed by atoms with Crippen LogP contribution in [0.4, 0.5) is 0 Å². The number of fused-ring (bicyclic) bond motifs is 1. The summed E-state index contributed by atoms with van der Waals surface area (Å²) in [7, 11) is 3.47. The Hall–Kier alpha value is -2.07. The first kappa shape index (κ1) is 25.0. The highest BCUT2D eigenvalue weighted by Gasteiger charge is 2.60. The lowest BCUT2D eigenvalue weighted by Gasteiger charge is -2.46. The van der Waals surface area contributed by atoms with Gasteiger partial charge in [-0.2, -0.15) is 0 Å². The molecule has 10 heteroatoms. The molecule has 3 heterocycles. The van der Waals surface area contributed by atoms with Gasteiger partial charge in [-0.25, -0.2) is 4.79 Å². The summed E-state index contributed by atoms with van der Waals surface area (Å²) in [6, 6.07) is 6.87. The predicted molar refractivity (Wildman–Crippen MR) is 130 cm³/mol. The van der Waals surface area contributed by atoms with Gasteiger partial charge in [-0.05, 0) is 31.0 Å². The van der Waals surface area contributed by atoms with Crippen LogP contribution in [0.3, 0.4) is 0 Å². The molecule has 0 aromatic heterocycles. The highest BCUT2D eigenvalue weighted by molar-refractivity contribution is 8.03. The largest absolute Gasteiger partial charge is 0.477 e. The zero-order valence-corrected chi connectivity index (χ0v) is 21.2. The van der Waals surface area contributed by atoms with Crippen LogP contribution in [0.15, 0.2) is 34.9 Å². The Kier molecular flexibility index (Phi) is 7.01. The molecule has 2 amide bonds. The summed E-state index contributed by atoms with van der Waals surface area (Å²) in [6.07, 6.45) is -0.263. The average molecular weight is 508 g/mol. The monoisotopic (exact) mass is 507 g/mol. The highest BCUT2D eigenvalue weighted by Crippen LogP contribution is 2.52. The number of aliphatic carboxylic acids is 1. The molecule has 0 spiro atoms. The molecular formula is C24H30ClN3O5S. The van der Waals surface area contributed by atoms with Crippen molar-refractivity contribution in [2.24, 2.45) is 11.8 Å². The van der Waals surface area contributed by atoms with E-state index in [1.165, 1.54) is 16.7 Å². The minimum atomic E-state index is -1.14. The van der Waals surface area contributed by atoms with E-state index in [0.717, 1.165) is 5.56 Å².